The van der Waals surface area contributed by atoms with Gasteiger partial charge in [0.25, 0.3) is 5.91 Å². The number of anilines is 1. The Kier molecular flexibility index (Phi) is 4.56. The van der Waals surface area contributed by atoms with Gasteiger partial charge >= 0.3 is 0 Å². The highest BCUT2D eigenvalue weighted by Crippen LogP contribution is 2.36. The predicted molar refractivity (Wildman–Crippen MR) is 121 cm³/mol. The van der Waals surface area contributed by atoms with Gasteiger partial charge in [-0.3, -0.25) is 4.79 Å². The summed E-state index contributed by atoms with van der Waals surface area (Å²) in [5.41, 5.74) is 3.09. The Labute approximate surface area is 189 Å². The Morgan fingerprint density at radius 1 is 1.12 bits per heavy atom. The van der Waals surface area contributed by atoms with Gasteiger partial charge in [0.15, 0.2) is 5.82 Å². The normalized spacial score (nSPS) is 19.9. The zero-order valence-corrected chi connectivity index (χ0v) is 18.1. The topological polar surface area (TPSA) is 80.0 Å². The maximum atomic E-state index is 14.0. The molecule has 2 fully saturated rings. The summed E-state index contributed by atoms with van der Waals surface area (Å²) < 4.78 is 14.0. The zero-order chi connectivity index (χ0) is 22.5. The second kappa shape index (κ2) is 7.61. The minimum absolute atomic E-state index is 0.0132. The largest absolute Gasteiger partial charge is 0.353 e. The lowest BCUT2D eigenvalue weighted by Crippen LogP contribution is -2.66. The summed E-state index contributed by atoms with van der Waals surface area (Å²) in [6.07, 6.45) is 5.80. The minimum atomic E-state index is -0.373. The van der Waals surface area contributed by atoms with Gasteiger partial charge in [-0.15, -0.1) is 0 Å². The summed E-state index contributed by atoms with van der Waals surface area (Å²) in [5, 5.41) is 8.42. The van der Waals surface area contributed by atoms with Crippen molar-refractivity contribution in [2.45, 2.75) is 19.4 Å². The second-order valence-electron chi connectivity index (χ2n) is 8.69. The molecule has 2 aromatic carbocycles. The Balaban J connectivity index is 1.26. The van der Waals surface area contributed by atoms with E-state index in [-0.39, 0.29) is 23.3 Å². The van der Waals surface area contributed by atoms with Gasteiger partial charge in [0.05, 0.1) is 41.4 Å². The fourth-order valence-electron chi connectivity index (χ4n) is 4.88. The highest BCUT2D eigenvalue weighted by molar-refractivity contribution is 5.98. The van der Waals surface area contributed by atoms with Gasteiger partial charge in [0, 0.05) is 25.6 Å². The number of nitrogens with zero attached hydrogens (tertiary/aromatic N) is 7. The third-order valence-electron chi connectivity index (χ3n) is 6.66. The highest BCUT2D eigenvalue weighted by atomic mass is 19.1. The van der Waals surface area contributed by atoms with Crippen LogP contribution in [0.2, 0.25) is 0 Å². The van der Waals surface area contributed by atoms with Crippen LogP contribution in [0.15, 0.2) is 55.0 Å². The van der Waals surface area contributed by atoms with Crippen LogP contribution in [0.4, 0.5) is 10.2 Å². The van der Waals surface area contributed by atoms with Crippen LogP contribution in [0.3, 0.4) is 0 Å². The fraction of sp³-hybridized carbons (Fsp3) is 0.292. The maximum Gasteiger partial charge on any atom is 0.256 e. The number of likely N-dealkylation sites (tertiary alicyclic amines) is 1. The van der Waals surface area contributed by atoms with Gasteiger partial charge in [0.2, 0.25) is 0 Å². The highest BCUT2D eigenvalue weighted by Gasteiger charge is 2.46. The van der Waals surface area contributed by atoms with Crippen LogP contribution in [0, 0.1) is 18.7 Å². The van der Waals surface area contributed by atoms with Crippen LogP contribution < -0.4 is 4.90 Å². The second-order valence-corrected chi connectivity index (χ2v) is 8.69. The number of hydrogen-bond acceptors (Lipinski definition) is 6. The van der Waals surface area contributed by atoms with Crippen molar-refractivity contribution in [1.82, 2.24) is 29.9 Å². The molecule has 0 saturated carbocycles. The molecule has 0 radical (unpaired) electrons. The number of carbonyl (C=O) groups is 1. The van der Waals surface area contributed by atoms with E-state index in [4.69, 9.17) is 0 Å². The molecule has 9 heteroatoms. The quantitative estimate of drug-likeness (QED) is 0.484. The van der Waals surface area contributed by atoms with E-state index in [0.29, 0.717) is 35.0 Å². The SMILES string of the molecule is Cc1ccc(-n2nccn2)c(C(=O)N2C[C@H]3CCN(c4cnc5c(F)cccc5n4)C[C@H]32)c1. The standard InChI is InChI=1S/C24H22FN7O/c1-15-5-6-20(32-27-8-9-28-32)17(11-15)24(33)31-13-16-7-10-30(14-21(16)31)22-12-26-23-18(25)3-2-4-19(23)29-22/h2-6,8-9,11-12,16,21H,7,10,13-14H2,1H3/t16-,21-/m1/s1. The number of amides is 1. The van der Waals surface area contributed by atoms with Gasteiger partial charge in [-0.1, -0.05) is 17.7 Å². The molecule has 0 spiro atoms. The van der Waals surface area contributed by atoms with Crippen LogP contribution in [-0.2, 0) is 0 Å². The Bertz CT molecular complexity index is 1360. The van der Waals surface area contributed by atoms with Crippen molar-refractivity contribution in [3.63, 3.8) is 0 Å². The number of piperidine rings is 1. The molecule has 2 atom stereocenters. The molecule has 0 unspecified atom stereocenters. The number of benzene rings is 2. The summed E-state index contributed by atoms with van der Waals surface area (Å²) in [6.45, 7) is 4.23. The van der Waals surface area contributed by atoms with Crippen molar-refractivity contribution in [1.29, 1.82) is 0 Å². The summed E-state index contributed by atoms with van der Waals surface area (Å²) in [7, 11) is 0. The van der Waals surface area contributed by atoms with Crippen molar-refractivity contribution in [2.75, 3.05) is 24.5 Å². The van der Waals surface area contributed by atoms with Crippen LogP contribution >= 0.6 is 0 Å². The Hall–Kier alpha value is -3.88. The van der Waals surface area contributed by atoms with Gasteiger partial charge in [-0.25, -0.2) is 14.4 Å². The number of fused-ring (bicyclic) bond motifs is 2. The average Bonchev–Trinajstić information content (AvgIpc) is 3.34. The van der Waals surface area contributed by atoms with E-state index in [9.17, 15) is 9.18 Å². The number of carbonyl (C=O) groups excluding carboxylic acids is 1. The number of halogens is 1. The number of aryl methyl sites for hydroxylation is 1. The first kappa shape index (κ1) is 19.8. The number of hydrogen-bond donors (Lipinski definition) is 0. The smallest absolute Gasteiger partial charge is 0.256 e. The number of rotatable bonds is 3. The molecule has 0 N–H and O–H groups in total. The predicted octanol–water partition coefficient (Wildman–Crippen LogP) is 3.01. The zero-order valence-electron chi connectivity index (χ0n) is 18.1. The molecular formula is C24H22FN7O. The molecular weight excluding hydrogens is 421 g/mol. The molecule has 2 saturated heterocycles. The van der Waals surface area contributed by atoms with Crippen LogP contribution in [0.25, 0.3) is 16.7 Å². The summed E-state index contributed by atoms with van der Waals surface area (Å²) in [5.74, 6) is 0.789. The van der Waals surface area contributed by atoms with E-state index in [1.807, 2.05) is 30.0 Å². The maximum absolute atomic E-state index is 14.0. The molecule has 2 aliphatic rings. The minimum Gasteiger partial charge on any atom is -0.353 e. The summed E-state index contributed by atoms with van der Waals surface area (Å²) in [4.78, 5) is 28.1. The first-order chi connectivity index (χ1) is 16.1. The van der Waals surface area contributed by atoms with Crippen LogP contribution in [0.5, 0.6) is 0 Å². The van der Waals surface area contributed by atoms with Gasteiger partial charge in [-0.05, 0) is 37.6 Å². The lowest BCUT2D eigenvalue weighted by Gasteiger charge is -2.53. The number of para-hydroxylation sites is 1. The molecule has 4 aromatic rings. The van der Waals surface area contributed by atoms with Crippen molar-refractivity contribution in [3.8, 4) is 5.69 Å². The van der Waals surface area contributed by atoms with E-state index in [2.05, 4.69) is 25.1 Å². The van der Waals surface area contributed by atoms with Gasteiger partial charge in [0.1, 0.15) is 11.3 Å². The molecule has 0 aliphatic carbocycles. The first-order valence-electron chi connectivity index (χ1n) is 11.0. The Morgan fingerprint density at radius 2 is 1.97 bits per heavy atom. The average molecular weight is 443 g/mol. The van der Waals surface area contributed by atoms with Crippen molar-refractivity contribution >= 4 is 22.8 Å². The van der Waals surface area contributed by atoms with Crippen molar-refractivity contribution < 1.29 is 9.18 Å². The Morgan fingerprint density at radius 3 is 2.82 bits per heavy atom. The third kappa shape index (κ3) is 3.31. The van der Waals surface area contributed by atoms with Crippen LogP contribution in [-0.4, -0.2) is 61.4 Å². The fourth-order valence-corrected chi connectivity index (χ4v) is 4.88. The number of aromatic nitrogens is 5. The molecule has 8 nitrogen and oxygen atoms in total. The van der Waals surface area contributed by atoms with Gasteiger partial charge in [-0.2, -0.15) is 15.0 Å². The molecule has 2 aromatic heterocycles. The van der Waals surface area contributed by atoms with Crippen LogP contribution in [0.1, 0.15) is 22.3 Å². The first-order valence-corrected chi connectivity index (χ1v) is 11.0. The summed E-state index contributed by atoms with van der Waals surface area (Å²) in [6, 6.07) is 10.6. The van der Waals surface area contributed by atoms with Crippen molar-refractivity contribution in [3.05, 3.63) is 71.9 Å². The third-order valence-corrected chi connectivity index (χ3v) is 6.66. The lowest BCUT2D eigenvalue weighted by molar-refractivity contribution is 0.00777. The molecule has 33 heavy (non-hydrogen) atoms. The molecule has 4 heterocycles. The van der Waals surface area contributed by atoms with E-state index in [1.54, 1.807) is 30.7 Å². The summed E-state index contributed by atoms with van der Waals surface area (Å²) >= 11 is 0. The van der Waals surface area contributed by atoms with Gasteiger partial charge < -0.3 is 9.80 Å². The van der Waals surface area contributed by atoms with E-state index in [0.717, 1.165) is 25.1 Å². The lowest BCUT2D eigenvalue weighted by atomic mass is 9.81. The molecule has 166 valence electrons. The molecule has 0 bridgehead atoms. The van der Waals surface area contributed by atoms with E-state index in [1.165, 1.54) is 10.9 Å². The monoisotopic (exact) mass is 443 g/mol. The van der Waals surface area contributed by atoms with Crippen molar-refractivity contribution in [2.24, 2.45) is 5.92 Å². The molecule has 1 amide bonds. The molecule has 2 aliphatic heterocycles. The van der Waals surface area contributed by atoms with E-state index < -0.39 is 0 Å². The van der Waals surface area contributed by atoms with E-state index >= 15 is 0 Å². The molecule has 6 rings (SSSR count).